The molecule has 1 N–H and O–H groups in total. The summed E-state index contributed by atoms with van der Waals surface area (Å²) in [4.78, 5) is 25.4. The minimum absolute atomic E-state index is 0.183. The van der Waals surface area contributed by atoms with Crippen molar-refractivity contribution in [2.24, 2.45) is 5.41 Å². The van der Waals surface area contributed by atoms with Crippen LogP contribution in [0, 0.1) is 5.41 Å². The van der Waals surface area contributed by atoms with Crippen LogP contribution in [0.2, 0.25) is 5.02 Å². The molecule has 0 unspecified atom stereocenters. The Morgan fingerprint density at radius 3 is 2.20 bits per heavy atom. The summed E-state index contributed by atoms with van der Waals surface area (Å²) >= 11 is 6.00. The maximum Gasteiger partial charge on any atom is 0.418 e. The fourth-order valence-electron chi connectivity index (χ4n) is 3.79. The summed E-state index contributed by atoms with van der Waals surface area (Å²) in [6.45, 7) is 0.0951. The van der Waals surface area contributed by atoms with Crippen molar-refractivity contribution in [2.45, 2.75) is 32.1 Å². The van der Waals surface area contributed by atoms with E-state index >= 15 is 0 Å². The highest BCUT2D eigenvalue weighted by Gasteiger charge is 2.35. The maximum absolute atomic E-state index is 13.1. The average Bonchev–Trinajstić information content (AvgIpc) is 2.75. The Balaban J connectivity index is 1.75. The normalized spacial score (nSPS) is 15.4. The van der Waals surface area contributed by atoms with E-state index in [1.807, 2.05) is 30.3 Å². The highest BCUT2D eigenvalue weighted by Crippen LogP contribution is 2.37. The molecular weight excluding hydrogens is 406 g/mol. The first-order valence-corrected chi connectivity index (χ1v) is 10.4. The molecule has 0 atom stereocenters. The summed E-state index contributed by atoms with van der Waals surface area (Å²) in [6, 6.07) is 16.2. The summed E-state index contributed by atoms with van der Waals surface area (Å²) in [5.74, 6) is -1.00. The van der Waals surface area contributed by atoms with Crippen molar-refractivity contribution in [1.82, 2.24) is 0 Å². The molecule has 0 heterocycles. The summed E-state index contributed by atoms with van der Waals surface area (Å²) in [5.41, 5.74) is 0.978. The number of hydrogen-bond acceptors (Lipinski definition) is 4. The van der Waals surface area contributed by atoms with Crippen molar-refractivity contribution in [1.29, 1.82) is 0 Å². The van der Waals surface area contributed by atoms with Gasteiger partial charge in [0, 0.05) is 10.4 Å². The Labute approximate surface area is 181 Å². The van der Waals surface area contributed by atoms with E-state index in [0.29, 0.717) is 16.4 Å². The molecule has 160 valence electrons. The van der Waals surface area contributed by atoms with Crippen LogP contribution in [0.15, 0.2) is 54.6 Å². The van der Waals surface area contributed by atoms with E-state index in [1.165, 1.54) is 4.90 Å². The molecule has 7 heteroatoms. The minimum atomic E-state index is -1.00. The lowest BCUT2D eigenvalue weighted by atomic mass is 9.75. The third kappa shape index (κ3) is 5.97. The van der Waals surface area contributed by atoms with Gasteiger partial charge in [-0.2, -0.15) is 0 Å². The number of carboxylic acid groups (broad SMARTS) is 1. The number of halogens is 1. The molecule has 0 saturated heterocycles. The molecule has 1 aliphatic rings. The van der Waals surface area contributed by atoms with E-state index in [-0.39, 0.29) is 25.2 Å². The van der Waals surface area contributed by atoms with Gasteiger partial charge in [-0.15, -0.1) is 0 Å². The number of nitrogens with zero attached hydrogens (tertiary/aromatic N) is 1. The van der Waals surface area contributed by atoms with E-state index in [2.05, 4.69) is 0 Å². The third-order valence-corrected chi connectivity index (χ3v) is 5.58. The zero-order chi connectivity index (χ0) is 21.4. The van der Waals surface area contributed by atoms with Crippen molar-refractivity contribution < 1.29 is 24.2 Å². The SMILES string of the molecule is O=C(O)COCC1(COC(=O)N(c2ccccc2)c2ccc(Cl)cc2)CCCCC1. The molecule has 1 amide bonds. The molecule has 0 aromatic heterocycles. The van der Waals surface area contributed by atoms with Crippen LogP contribution in [0.4, 0.5) is 16.2 Å². The number of para-hydroxylation sites is 1. The molecule has 0 spiro atoms. The monoisotopic (exact) mass is 431 g/mol. The highest BCUT2D eigenvalue weighted by molar-refractivity contribution is 6.30. The predicted octanol–water partition coefficient (Wildman–Crippen LogP) is 5.67. The van der Waals surface area contributed by atoms with E-state index in [0.717, 1.165) is 32.1 Å². The molecule has 3 rings (SSSR count). The predicted molar refractivity (Wildman–Crippen MR) is 115 cm³/mol. The molecule has 1 aliphatic carbocycles. The molecule has 1 saturated carbocycles. The van der Waals surface area contributed by atoms with Gasteiger partial charge in [0.05, 0.1) is 18.0 Å². The summed E-state index contributed by atoms with van der Waals surface area (Å²) in [5, 5.41) is 9.44. The standard InChI is InChI=1S/C23H26ClNO5/c24-18-9-11-20(12-10-18)25(19-7-3-1-4-8-19)22(28)30-17-23(13-5-2-6-14-23)16-29-15-21(26)27/h1,3-4,7-12H,2,5-6,13-17H2,(H,26,27). The zero-order valence-electron chi connectivity index (χ0n) is 16.8. The second-order valence-electron chi connectivity index (χ2n) is 7.65. The second kappa shape index (κ2) is 10.5. The number of ether oxygens (including phenoxy) is 2. The number of rotatable bonds is 8. The van der Waals surface area contributed by atoms with Crippen LogP contribution in [-0.2, 0) is 14.3 Å². The van der Waals surface area contributed by atoms with Gasteiger partial charge in [0.15, 0.2) is 0 Å². The first-order chi connectivity index (χ1) is 14.5. The van der Waals surface area contributed by atoms with Crippen LogP contribution < -0.4 is 4.90 Å². The van der Waals surface area contributed by atoms with Crippen molar-refractivity contribution in [3.8, 4) is 0 Å². The number of carboxylic acids is 1. The first-order valence-electron chi connectivity index (χ1n) is 10.1. The van der Waals surface area contributed by atoms with Gasteiger partial charge in [0.1, 0.15) is 13.2 Å². The highest BCUT2D eigenvalue weighted by atomic mass is 35.5. The second-order valence-corrected chi connectivity index (χ2v) is 8.09. The number of amides is 1. The Kier molecular flexibility index (Phi) is 7.71. The van der Waals surface area contributed by atoms with E-state index in [4.69, 9.17) is 26.2 Å². The number of hydrogen-bond donors (Lipinski definition) is 1. The van der Waals surface area contributed by atoms with Gasteiger partial charge in [-0.1, -0.05) is 49.1 Å². The third-order valence-electron chi connectivity index (χ3n) is 5.33. The van der Waals surface area contributed by atoms with Gasteiger partial charge in [-0.05, 0) is 49.2 Å². The minimum Gasteiger partial charge on any atom is -0.480 e. The van der Waals surface area contributed by atoms with E-state index < -0.39 is 12.1 Å². The topological polar surface area (TPSA) is 76.1 Å². The Hall–Kier alpha value is -2.57. The molecule has 2 aromatic carbocycles. The Morgan fingerprint density at radius 1 is 0.933 bits per heavy atom. The molecular formula is C23H26ClNO5. The largest absolute Gasteiger partial charge is 0.480 e. The number of aliphatic carboxylic acids is 1. The summed E-state index contributed by atoms with van der Waals surface area (Å²) < 4.78 is 11.2. The molecule has 6 nitrogen and oxygen atoms in total. The molecule has 0 bridgehead atoms. The van der Waals surface area contributed by atoms with Crippen LogP contribution in [-0.4, -0.2) is 37.0 Å². The van der Waals surface area contributed by atoms with Crippen LogP contribution in [0.5, 0.6) is 0 Å². The van der Waals surface area contributed by atoms with Crippen LogP contribution >= 0.6 is 11.6 Å². The van der Waals surface area contributed by atoms with Gasteiger partial charge >= 0.3 is 12.1 Å². The van der Waals surface area contributed by atoms with Crippen LogP contribution in [0.25, 0.3) is 0 Å². The van der Waals surface area contributed by atoms with Crippen molar-refractivity contribution >= 4 is 35.0 Å². The maximum atomic E-state index is 13.1. The zero-order valence-corrected chi connectivity index (χ0v) is 17.5. The Morgan fingerprint density at radius 2 is 1.57 bits per heavy atom. The van der Waals surface area contributed by atoms with Gasteiger partial charge in [-0.25, -0.2) is 14.5 Å². The van der Waals surface area contributed by atoms with Crippen LogP contribution in [0.1, 0.15) is 32.1 Å². The number of carbonyl (C=O) groups is 2. The Bertz CT molecular complexity index is 834. The average molecular weight is 432 g/mol. The number of benzene rings is 2. The first kappa shape index (κ1) is 22.1. The lowest BCUT2D eigenvalue weighted by Gasteiger charge is -2.36. The van der Waals surface area contributed by atoms with Gasteiger partial charge in [0.25, 0.3) is 0 Å². The van der Waals surface area contributed by atoms with Crippen molar-refractivity contribution in [3.63, 3.8) is 0 Å². The van der Waals surface area contributed by atoms with Crippen molar-refractivity contribution in [3.05, 3.63) is 59.6 Å². The summed E-state index contributed by atoms with van der Waals surface area (Å²) in [6.07, 6.45) is 4.32. The van der Waals surface area contributed by atoms with Crippen LogP contribution in [0.3, 0.4) is 0 Å². The fraction of sp³-hybridized carbons (Fsp3) is 0.391. The van der Waals surface area contributed by atoms with Crippen molar-refractivity contribution in [2.75, 3.05) is 24.7 Å². The van der Waals surface area contributed by atoms with E-state index in [9.17, 15) is 9.59 Å². The quantitative estimate of drug-likeness (QED) is 0.583. The molecule has 0 aliphatic heterocycles. The number of anilines is 2. The summed E-state index contributed by atoms with van der Waals surface area (Å²) in [7, 11) is 0. The molecule has 2 aromatic rings. The molecule has 0 radical (unpaired) electrons. The smallest absolute Gasteiger partial charge is 0.418 e. The van der Waals surface area contributed by atoms with Gasteiger partial charge in [0.2, 0.25) is 0 Å². The lowest BCUT2D eigenvalue weighted by molar-refractivity contribution is -0.144. The number of carbonyl (C=O) groups excluding carboxylic acids is 1. The van der Waals surface area contributed by atoms with E-state index in [1.54, 1.807) is 24.3 Å². The molecule has 1 fully saturated rings. The fourth-order valence-corrected chi connectivity index (χ4v) is 3.92. The lowest BCUT2D eigenvalue weighted by Crippen LogP contribution is -2.38. The van der Waals surface area contributed by atoms with Gasteiger partial charge < -0.3 is 14.6 Å². The van der Waals surface area contributed by atoms with Gasteiger partial charge in [-0.3, -0.25) is 0 Å². The molecule has 30 heavy (non-hydrogen) atoms.